The SMILES string of the molecule is CCCCn1c(N)c(N(CCOC)C(=O)COC(=O)C2CC2)c(=O)[nH]c1=O. The normalized spacial score (nSPS) is 13.4. The van der Waals surface area contributed by atoms with Crippen LogP contribution in [0.25, 0.3) is 0 Å². The number of nitrogen functional groups attached to an aromatic ring is 1. The predicted molar refractivity (Wildman–Crippen MR) is 98.6 cm³/mol. The summed E-state index contributed by atoms with van der Waals surface area (Å²) in [5.41, 5.74) is 4.50. The van der Waals surface area contributed by atoms with E-state index in [1.165, 1.54) is 11.7 Å². The second-order valence-corrected chi connectivity index (χ2v) is 6.42. The van der Waals surface area contributed by atoms with E-state index in [0.717, 1.165) is 24.2 Å². The van der Waals surface area contributed by atoms with Gasteiger partial charge >= 0.3 is 11.7 Å². The Morgan fingerprint density at radius 3 is 2.63 bits per heavy atom. The molecular weight excluding hydrogens is 356 g/mol. The van der Waals surface area contributed by atoms with Crippen LogP contribution in [-0.2, 0) is 25.6 Å². The lowest BCUT2D eigenvalue weighted by molar-refractivity contribution is -0.149. The quantitative estimate of drug-likeness (QED) is 0.537. The lowest BCUT2D eigenvalue weighted by atomic mass is 10.3. The molecule has 0 radical (unpaired) electrons. The van der Waals surface area contributed by atoms with E-state index >= 15 is 0 Å². The third kappa shape index (κ3) is 5.19. The zero-order chi connectivity index (χ0) is 20.0. The van der Waals surface area contributed by atoms with E-state index in [9.17, 15) is 19.2 Å². The summed E-state index contributed by atoms with van der Waals surface area (Å²) in [6.07, 6.45) is 3.02. The molecule has 0 saturated heterocycles. The van der Waals surface area contributed by atoms with Crippen molar-refractivity contribution in [3.05, 3.63) is 20.8 Å². The summed E-state index contributed by atoms with van der Waals surface area (Å²) >= 11 is 0. The number of hydrogen-bond acceptors (Lipinski definition) is 7. The van der Waals surface area contributed by atoms with Crippen molar-refractivity contribution in [1.82, 2.24) is 9.55 Å². The van der Waals surface area contributed by atoms with E-state index in [1.54, 1.807) is 0 Å². The summed E-state index contributed by atoms with van der Waals surface area (Å²) in [6, 6.07) is 0. The number of carbonyl (C=O) groups is 2. The van der Waals surface area contributed by atoms with Crippen LogP contribution in [0.2, 0.25) is 0 Å². The van der Waals surface area contributed by atoms with E-state index in [2.05, 4.69) is 4.98 Å². The maximum atomic E-state index is 12.6. The Morgan fingerprint density at radius 2 is 2.04 bits per heavy atom. The van der Waals surface area contributed by atoms with E-state index in [-0.39, 0.29) is 30.6 Å². The number of H-pyrrole nitrogens is 1. The average Bonchev–Trinajstić information content (AvgIpc) is 3.47. The minimum Gasteiger partial charge on any atom is -0.455 e. The highest BCUT2D eigenvalue weighted by atomic mass is 16.5. The van der Waals surface area contributed by atoms with Gasteiger partial charge in [-0.15, -0.1) is 0 Å². The van der Waals surface area contributed by atoms with Crippen LogP contribution in [0.1, 0.15) is 32.6 Å². The molecule has 1 aromatic heterocycles. The van der Waals surface area contributed by atoms with Gasteiger partial charge in [0.2, 0.25) is 0 Å². The second-order valence-electron chi connectivity index (χ2n) is 6.42. The Labute approximate surface area is 156 Å². The molecule has 0 bridgehead atoms. The molecular formula is C17H26N4O6. The maximum Gasteiger partial charge on any atom is 0.330 e. The van der Waals surface area contributed by atoms with Gasteiger partial charge in [0.05, 0.1) is 12.5 Å². The van der Waals surface area contributed by atoms with Crippen molar-refractivity contribution in [2.75, 3.05) is 37.5 Å². The summed E-state index contributed by atoms with van der Waals surface area (Å²) in [5, 5.41) is 0. The first-order valence-electron chi connectivity index (χ1n) is 8.99. The van der Waals surface area contributed by atoms with Gasteiger partial charge in [0.25, 0.3) is 11.5 Å². The fraction of sp³-hybridized carbons (Fsp3) is 0.647. The van der Waals surface area contributed by atoms with Crippen molar-refractivity contribution in [2.45, 2.75) is 39.2 Å². The Balaban J connectivity index is 2.30. The van der Waals surface area contributed by atoms with Crippen molar-refractivity contribution < 1.29 is 19.1 Å². The third-order valence-electron chi connectivity index (χ3n) is 4.29. The van der Waals surface area contributed by atoms with Gasteiger partial charge in [-0.05, 0) is 19.3 Å². The van der Waals surface area contributed by atoms with Crippen LogP contribution in [0.3, 0.4) is 0 Å². The molecule has 2 rings (SSSR count). The Bertz CT molecular complexity index is 796. The standard InChI is InChI=1S/C17H26N4O6/c1-3-4-7-21-14(18)13(15(23)19-17(21)25)20(8-9-26-2)12(22)10-27-16(24)11-5-6-11/h11H,3-10,18H2,1-2H3,(H,19,23,25). The number of nitrogens with two attached hydrogens (primary N) is 1. The van der Waals surface area contributed by atoms with Crippen molar-refractivity contribution in [3.8, 4) is 0 Å². The summed E-state index contributed by atoms with van der Waals surface area (Å²) in [7, 11) is 1.45. The monoisotopic (exact) mass is 382 g/mol. The van der Waals surface area contributed by atoms with Crippen molar-refractivity contribution in [2.24, 2.45) is 5.92 Å². The van der Waals surface area contributed by atoms with E-state index < -0.39 is 29.7 Å². The highest BCUT2D eigenvalue weighted by Crippen LogP contribution is 2.30. The van der Waals surface area contributed by atoms with Gasteiger partial charge in [-0.1, -0.05) is 13.3 Å². The van der Waals surface area contributed by atoms with Gasteiger partial charge in [-0.2, -0.15) is 0 Å². The molecule has 0 unspecified atom stereocenters. The topological polar surface area (TPSA) is 137 Å². The van der Waals surface area contributed by atoms with E-state index in [4.69, 9.17) is 15.2 Å². The number of anilines is 2. The lowest BCUT2D eigenvalue weighted by Crippen LogP contribution is -2.44. The number of amides is 1. The number of hydrogen-bond donors (Lipinski definition) is 2. The minimum absolute atomic E-state index is 0.0234. The molecule has 1 amide bonds. The number of esters is 1. The molecule has 0 spiro atoms. The van der Waals surface area contributed by atoms with Crippen LogP contribution < -0.4 is 21.9 Å². The molecule has 1 aromatic rings. The van der Waals surface area contributed by atoms with Gasteiger partial charge < -0.3 is 15.2 Å². The molecule has 10 heteroatoms. The number of rotatable bonds is 10. The summed E-state index contributed by atoms with van der Waals surface area (Å²) < 4.78 is 11.2. The number of aromatic amines is 1. The van der Waals surface area contributed by atoms with Crippen LogP contribution in [-0.4, -0.2) is 48.3 Å². The zero-order valence-electron chi connectivity index (χ0n) is 15.7. The first-order valence-corrected chi connectivity index (χ1v) is 8.99. The first-order chi connectivity index (χ1) is 12.9. The molecule has 3 N–H and O–H groups in total. The fourth-order valence-electron chi connectivity index (χ4n) is 2.57. The van der Waals surface area contributed by atoms with Gasteiger partial charge in [0.15, 0.2) is 12.3 Å². The van der Waals surface area contributed by atoms with E-state index in [1.807, 2.05) is 6.92 Å². The summed E-state index contributed by atoms with van der Waals surface area (Å²) in [6.45, 7) is 1.92. The van der Waals surface area contributed by atoms with Crippen molar-refractivity contribution >= 4 is 23.4 Å². The fourth-order valence-corrected chi connectivity index (χ4v) is 2.57. The van der Waals surface area contributed by atoms with Gasteiger partial charge in [0.1, 0.15) is 5.82 Å². The minimum atomic E-state index is -0.775. The van der Waals surface area contributed by atoms with Gasteiger partial charge in [-0.3, -0.25) is 28.8 Å². The van der Waals surface area contributed by atoms with Gasteiger partial charge in [-0.25, -0.2) is 4.79 Å². The van der Waals surface area contributed by atoms with Crippen LogP contribution in [0, 0.1) is 5.92 Å². The molecule has 0 aromatic carbocycles. The predicted octanol–water partition coefficient (Wildman–Crippen LogP) is -0.148. The molecule has 1 fully saturated rings. The highest BCUT2D eigenvalue weighted by molar-refractivity contribution is 5.97. The Kier molecular flexibility index (Phi) is 7.17. The molecule has 1 aliphatic rings. The first kappa shape index (κ1) is 20.7. The molecule has 1 aliphatic carbocycles. The Morgan fingerprint density at radius 1 is 1.33 bits per heavy atom. The summed E-state index contributed by atoms with van der Waals surface area (Å²) in [4.78, 5) is 52.0. The molecule has 0 aliphatic heterocycles. The van der Waals surface area contributed by atoms with Crippen LogP contribution in [0.15, 0.2) is 9.59 Å². The largest absolute Gasteiger partial charge is 0.455 e. The summed E-state index contributed by atoms with van der Waals surface area (Å²) in [5.74, 6) is -1.28. The zero-order valence-corrected chi connectivity index (χ0v) is 15.7. The second kappa shape index (κ2) is 9.36. The molecule has 1 saturated carbocycles. The van der Waals surface area contributed by atoms with E-state index in [0.29, 0.717) is 13.0 Å². The number of nitrogens with one attached hydrogen (secondary N) is 1. The average molecular weight is 382 g/mol. The molecule has 150 valence electrons. The number of methoxy groups -OCH3 is 1. The van der Waals surface area contributed by atoms with Crippen LogP contribution in [0.4, 0.5) is 11.5 Å². The molecule has 27 heavy (non-hydrogen) atoms. The van der Waals surface area contributed by atoms with Gasteiger partial charge in [0, 0.05) is 20.2 Å². The Hall–Kier alpha value is -2.62. The molecule has 10 nitrogen and oxygen atoms in total. The number of ether oxygens (including phenoxy) is 2. The lowest BCUT2D eigenvalue weighted by Gasteiger charge is -2.24. The third-order valence-corrected chi connectivity index (χ3v) is 4.29. The highest BCUT2D eigenvalue weighted by Gasteiger charge is 2.32. The smallest absolute Gasteiger partial charge is 0.330 e. The number of aromatic nitrogens is 2. The van der Waals surface area contributed by atoms with Crippen molar-refractivity contribution in [3.63, 3.8) is 0 Å². The van der Waals surface area contributed by atoms with Crippen LogP contribution >= 0.6 is 0 Å². The molecule has 0 atom stereocenters. The number of unbranched alkanes of at least 4 members (excludes halogenated alkanes) is 1. The molecule has 1 heterocycles. The van der Waals surface area contributed by atoms with Crippen LogP contribution in [0.5, 0.6) is 0 Å². The number of nitrogens with zero attached hydrogens (tertiary/aromatic N) is 2. The maximum absolute atomic E-state index is 12.6. The van der Waals surface area contributed by atoms with Crippen molar-refractivity contribution in [1.29, 1.82) is 0 Å². The number of carbonyl (C=O) groups excluding carboxylic acids is 2.